The molecule has 2 aliphatic rings. The minimum Gasteiger partial charge on any atom is -0.508 e. The van der Waals surface area contributed by atoms with Crippen molar-refractivity contribution in [2.75, 3.05) is 6.54 Å². The summed E-state index contributed by atoms with van der Waals surface area (Å²) in [5, 5.41) is 31.2. The number of nitrogens with zero attached hydrogens (tertiary/aromatic N) is 2. The molecular weight excluding hydrogens is 711 g/mol. The quantitative estimate of drug-likeness (QED) is 0.140. The highest BCUT2D eigenvalue weighted by molar-refractivity contribution is 5.93. The van der Waals surface area contributed by atoms with Gasteiger partial charge in [0.25, 0.3) is 0 Å². The molecule has 12 heteroatoms. The largest absolute Gasteiger partial charge is 0.508 e. The van der Waals surface area contributed by atoms with Crippen molar-refractivity contribution in [1.29, 1.82) is 0 Å². The summed E-state index contributed by atoms with van der Waals surface area (Å²) in [6.45, 7) is 17.6. The van der Waals surface area contributed by atoms with Crippen LogP contribution in [0.3, 0.4) is 0 Å². The van der Waals surface area contributed by atoms with Gasteiger partial charge in [-0.1, -0.05) is 68.5 Å². The molecule has 2 aromatic carbocycles. The molecule has 0 radical (unpaired) electrons. The second-order valence-corrected chi connectivity index (χ2v) is 18.2. The second-order valence-electron chi connectivity index (χ2n) is 18.2. The topological polar surface area (TPSA) is 161 Å². The molecule has 2 heterocycles. The lowest BCUT2D eigenvalue weighted by molar-refractivity contribution is -0.246. The maximum atomic E-state index is 14.5. The first kappa shape index (κ1) is 44.3. The monoisotopic (exact) mass is 775 g/mol. The Morgan fingerprint density at radius 3 is 2.09 bits per heavy atom. The summed E-state index contributed by atoms with van der Waals surface area (Å²) >= 11 is 0. The SMILES string of the molecule is CC(C)C[C@@H](/C=C/C(Cc1ccccc1)C(=O)N1CCC[C@H]1C(=O)N[C@@H](Cc1ccc(O)cc1)C(=O)NC1CC(C)(C)N(O)C(C)(C)C1)NC(=O)OC(C)(C)C. The Bertz CT molecular complexity index is 1650. The fourth-order valence-electron chi connectivity index (χ4n) is 8.06. The van der Waals surface area contributed by atoms with Gasteiger partial charge in [0.2, 0.25) is 17.7 Å². The van der Waals surface area contributed by atoms with Gasteiger partial charge in [0.15, 0.2) is 0 Å². The maximum absolute atomic E-state index is 14.5. The zero-order valence-electron chi connectivity index (χ0n) is 34.8. The average Bonchev–Trinajstić information content (AvgIpc) is 3.59. The fourth-order valence-corrected chi connectivity index (χ4v) is 8.06. The summed E-state index contributed by atoms with van der Waals surface area (Å²) in [4.78, 5) is 57.2. The first-order chi connectivity index (χ1) is 26.1. The highest BCUT2D eigenvalue weighted by atomic mass is 16.6. The van der Waals surface area contributed by atoms with Gasteiger partial charge in [-0.25, -0.2) is 4.79 Å². The Kier molecular flexibility index (Phi) is 14.8. The molecule has 12 nitrogen and oxygen atoms in total. The third-order valence-corrected chi connectivity index (χ3v) is 10.5. The number of alkyl carbamates (subject to hydrolysis) is 1. The number of amides is 4. The molecule has 5 N–H and O–H groups in total. The highest BCUT2D eigenvalue weighted by Crippen LogP contribution is 2.36. The molecule has 4 amide bonds. The lowest BCUT2D eigenvalue weighted by Gasteiger charge is -2.51. The van der Waals surface area contributed by atoms with Crippen LogP contribution >= 0.6 is 0 Å². The third-order valence-electron chi connectivity index (χ3n) is 10.5. The van der Waals surface area contributed by atoms with Crippen LogP contribution in [0, 0.1) is 11.8 Å². The molecule has 0 aromatic heterocycles. The lowest BCUT2D eigenvalue weighted by Crippen LogP contribution is -2.64. The normalized spacial score (nSPS) is 20.3. The van der Waals surface area contributed by atoms with E-state index in [0.717, 1.165) is 11.1 Å². The number of hydroxylamine groups is 2. The van der Waals surface area contributed by atoms with Gasteiger partial charge in [-0.2, -0.15) is 5.06 Å². The van der Waals surface area contributed by atoms with E-state index in [1.54, 1.807) is 29.2 Å². The van der Waals surface area contributed by atoms with Crippen LogP contribution < -0.4 is 16.0 Å². The Morgan fingerprint density at radius 1 is 0.893 bits per heavy atom. The van der Waals surface area contributed by atoms with Crippen LogP contribution in [-0.4, -0.2) is 91.5 Å². The molecular formula is C44H65N5O7. The first-order valence-corrected chi connectivity index (χ1v) is 20.0. The summed E-state index contributed by atoms with van der Waals surface area (Å²) in [6, 6.07) is 13.8. The summed E-state index contributed by atoms with van der Waals surface area (Å²) in [5.41, 5.74) is -0.141. The number of hydrogen-bond acceptors (Lipinski definition) is 8. The van der Waals surface area contributed by atoms with Crippen LogP contribution in [0.5, 0.6) is 5.75 Å². The standard InChI is InChI=1S/C44H65N5O7/c1-29(2)24-33(46-41(54)56-42(3,4)5)20-19-32(25-30-14-11-10-12-15-30)40(53)48-23-13-16-37(48)39(52)47-36(26-31-17-21-35(50)22-18-31)38(51)45-34-27-43(6,7)49(55)44(8,9)28-34/h10-12,14-15,17-22,29,32-34,36-37,50,55H,13,16,23-28H2,1-9H3,(H,45,51)(H,46,54)(H,47,52)/b20-19+/t32?,33-,36+,37+/m1/s1. The van der Waals surface area contributed by atoms with E-state index in [9.17, 15) is 29.5 Å². The molecule has 2 aliphatic heterocycles. The first-order valence-electron chi connectivity index (χ1n) is 20.0. The van der Waals surface area contributed by atoms with Gasteiger partial charge in [-0.05, 0) is 116 Å². The number of benzene rings is 2. The van der Waals surface area contributed by atoms with E-state index in [2.05, 4.69) is 29.8 Å². The van der Waals surface area contributed by atoms with Gasteiger partial charge in [-0.15, -0.1) is 0 Å². The molecule has 4 rings (SSSR count). The van der Waals surface area contributed by atoms with Crippen molar-refractivity contribution in [2.45, 2.75) is 148 Å². The van der Waals surface area contributed by atoms with E-state index < -0.39 is 46.7 Å². The number of likely N-dealkylation sites (tertiary alicyclic amines) is 1. The van der Waals surface area contributed by atoms with Crippen LogP contribution in [0.1, 0.15) is 106 Å². The Morgan fingerprint density at radius 2 is 1.50 bits per heavy atom. The van der Waals surface area contributed by atoms with Crippen LogP contribution in [0.15, 0.2) is 66.7 Å². The molecule has 2 saturated heterocycles. The average molecular weight is 776 g/mol. The van der Waals surface area contributed by atoms with Crippen molar-refractivity contribution in [3.63, 3.8) is 0 Å². The number of phenols is 1. The van der Waals surface area contributed by atoms with Gasteiger partial charge in [0.1, 0.15) is 23.4 Å². The molecule has 0 saturated carbocycles. The maximum Gasteiger partial charge on any atom is 0.408 e. The van der Waals surface area contributed by atoms with Crippen molar-refractivity contribution in [1.82, 2.24) is 25.9 Å². The lowest BCUT2D eigenvalue weighted by atomic mass is 9.79. The second kappa shape index (κ2) is 18.7. The van der Waals surface area contributed by atoms with Gasteiger partial charge in [0.05, 0.1) is 12.0 Å². The molecule has 1 unspecified atom stereocenters. The van der Waals surface area contributed by atoms with E-state index >= 15 is 0 Å². The summed E-state index contributed by atoms with van der Waals surface area (Å²) in [5.74, 6) is -1.25. The highest BCUT2D eigenvalue weighted by Gasteiger charge is 2.46. The van der Waals surface area contributed by atoms with Crippen LogP contribution in [-0.2, 0) is 32.0 Å². The van der Waals surface area contributed by atoms with Crippen molar-refractivity contribution >= 4 is 23.8 Å². The van der Waals surface area contributed by atoms with E-state index in [0.29, 0.717) is 45.1 Å². The predicted octanol–water partition coefficient (Wildman–Crippen LogP) is 6.29. The molecule has 0 bridgehead atoms. The number of rotatable bonds is 14. The zero-order chi connectivity index (χ0) is 41.4. The fraction of sp³-hybridized carbons (Fsp3) is 0.591. The van der Waals surface area contributed by atoms with Crippen LogP contribution in [0.4, 0.5) is 4.79 Å². The molecule has 0 spiro atoms. The van der Waals surface area contributed by atoms with Crippen molar-refractivity contribution in [2.24, 2.45) is 11.8 Å². The van der Waals surface area contributed by atoms with Crippen molar-refractivity contribution in [3.05, 3.63) is 77.9 Å². The zero-order valence-corrected chi connectivity index (χ0v) is 34.8. The molecule has 0 aliphatic carbocycles. The number of hydrogen-bond donors (Lipinski definition) is 5. The minimum atomic E-state index is -0.960. The van der Waals surface area contributed by atoms with Crippen molar-refractivity contribution in [3.8, 4) is 5.75 Å². The van der Waals surface area contributed by atoms with Gasteiger partial charge in [-0.3, -0.25) is 14.4 Å². The number of carbonyl (C=O) groups is 4. The number of nitrogens with one attached hydrogen (secondary N) is 3. The van der Waals surface area contributed by atoms with Crippen LogP contribution in [0.2, 0.25) is 0 Å². The van der Waals surface area contributed by atoms with Crippen molar-refractivity contribution < 1.29 is 34.2 Å². The molecule has 308 valence electrons. The van der Waals surface area contributed by atoms with Gasteiger partial charge in [0, 0.05) is 30.1 Å². The van der Waals surface area contributed by atoms with Gasteiger partial charge >= 0.3 is 6.09 Å². The third kappa shape index (κ3) is 12.8. The van der Waals surface area contributed by atoms with E-state index in [1.165, 1.54) is 5.06 Å². The van der Waals surface area contributed by atoms with E-state index in [-0.39, 0.29) is 42.0 Å². The molecule has 2 aromatic rings. The number of carbonyl (C=O) groups excluding carboxylic acids is 4. The Balaban J connectivity index is 1.57. The summed E-state index contributed by atoms with van der Waals surface area (Å²) in [6.07, 6.45) is 6.45. The number of aromatic hydroxyl groups is 1. The summed E-state index contributed by atoms with van der Waals surface area (Å²) < 4.78 is 5.52. The smallest absolute Gasteiger partial charge is 0.408 e. The molecule has 4 atom stereocenters. The number of piperidine rings is 1. The predicted molar refractivity (Wildman–Crippen MR) is 217 cm³/mol. The van der Waals surface area contributed by atoms with Crippen LogP contribution in [0.25, 0.3) is 0 Å². The van der Waals surface area contributed by atoms with E-state index in [4.69, 9.17) is 4.74 Å². The number of phenolic OH excluding ortho intramolecular Hbond substituents is 1. The minimum absolute atomic E-state index is 0.0920. The molecule has 2 fully saturated rings. The number of ether oxygens (including phenoxy) is 1. The Labute approximate surface area is 333 Å². The summed E-state index contributed by atoms with van der Waals surface area (Å²) in [7, 11) is 0. The van der Waals surface area contributed by atoms with E-state index in [1.807, 2.05) is 91.0 Å². The Hall–Kier alpha value is -4.42. The molecule has 56 heavy (non-hydrogen) atoms. The van der Waals surface area contributed by atoms with Gasteiger partial charge < -0.3 is 35.9 Å².